The van der Waals surface area contributed by atoms with Gasteiger partial charge >= 0.3 is 0 Å². The van der Waals surface area contributed by atoms with Crippen molar-refractivity contribution >= 4 is 27.5 Å². The predicted molar refractivity (Wildman–Crippen MR) is 111 cm³/mol. The monoisotopic (exact) mass is 422 g/mol. The Kier molecular flexibility index (Phi) is 6.44. The minimum atomic E-state index is -3.04. The van der Waals surface area contributed by atoms with Gasteiger partial charge in [0.1, 0.15) is 0 Å². The van der Waals surface area contributed by atoms with E-state index in [1.54, 1.807) is 4.90 Å². The van der Waals surface area contributed by atoms with Crippen LogP contribution in [-0.2, 0) is 14.6 Å². The van der Waals surface area contributed by atoms with Crippen molar-refractivity contribution in [2.75, 3.05) is 17.3 Å². The Bertz CT molecular complexity index is 925. The van der Waals surface area contributed by atoms with Gasteiger partial charge in [0.15, 0.2) is 15.7 Å². The van der Waals surface area contributed by atoms with Crippen LogP contribution in [0.3, 0.4) is 0 Å². The van der Waals surface area contributed by atoms with Crippen molar-refractivity contribution in [3.63, 3.8) is 0 Å². The molecule has 0 spiro atoms. The van der Waals surface area contributed by atoms with Gasteiger partial charge in [-0.25, -0.2) is 13.4 Å². The van der Waals surface area contributed by atoms with E-state index in [-0.39, 0.29) is 35.2 Å². The number of hydrogen-bond donors (Lipinski definition) is 1. The third-order valence-corrected chi connectivity index (χ3v) is 7.65. The molecule has 1 aliphatic heterocycles. The molecular weight excluding hydrogens is 396 g/mol. The van der Waals surface area contributed by atoms with E-state index < -0.39 is 9.84 Å². The molecule has 1 aromatic carbocycles. The molecular formula is C19H26N4O3S2. The first kappa shape index (κ1) is 20.9. The van der Waals surface area contributed by atoms with Gasteiger partial charge in [0.05, 0.1) is 17.3 Å². The number of thioether (sulfide) groups is 1. The van der Waals surface area contributed by atoms with Crippen molar-refractivity contribution in [1.29, 1.82) is 0 Å². The van der Waals surface area contributed by atoms with Crippen LogP contribution in [0.4, 0.5) is 0 Å². The van der Waals surface area contributed by atoms with E-state index in [0.717, 1.165) is 12.0 Å². The molecule has 1 amide bonds. The SMILES string of the molecule is CC[C@@H](C)N(C(=O)CSc1n[nH]c(-c2ccc(C)cc2)n1)[C@@H]1CCS(=O)(=O)C1. The van der Waals surface area contributed by atoms with Crippen molar-refractivity contribution in [3.05, 3.63) is 29.8 Å². The molecule has 2 atom stereocenters. The summed E-state index contributed by atoms with van der Waals surface area (Å²) in [7, 11) is -3.04. The first-order valence-corrected chi connectivity index (χ1v) is 12.2. The number of carbonyl (C=O) groups is 1. The minimum absolute atomic E-state index is 0.00154. The van der Waals surface area contributed by atoms with Crippen LogP contribution < -0.4 is 0 Å². The molecule has 2 heterocycles. The number of amides is 1. The van der Waals surface area contributed by atoms with E-state index in [2.05, 4.69) is 15.2 Å². The number of aromatic amines is 1. The number of nitrogens with zero attached hydrogens (tertiary/aromatic N) is 3. The zero-order chi connectivity index (χ0) is 20.3. The number of benzene rings is 1. The Morgan fingerprint density at radius 1 is 1.36 bits per heavy atom. The van der Waals surface area contributed by atoms with Crippen LogP contribution in [0.1, 0.15) is 32.3 Å². The fraction of sp³-hybridized carbons (Fsp3) is 0.526. The predicted octanol–water partition coefficient (Wildman–Crippen LogP) is 2.69. The standard InChI is InChI=1S/C19H26N4O3S2/c1-4-14(3)23(16-9-10-28(25,26)12-16)17(24)11-27-19-20-18(21-22-19)15-7-5-13(2)6-8-15/h5-8,14,16H,4,9-12H2,1-3H3,(H,20,21,22)/t14-,16-/m1/s1. The second kappa shape index (κ2) is 8.65. The molecule has 0 bridgehead atoms. The number of aryl methyl sites for hydroxylation is 1. The molecule has 1 aliphatic rings. The van der Waals surface area contributed by atoms with Crippen molar-refractivity contribution in [1.82, 2.24) is 20.1 Å². The van der Waals surface area contributed by atoms with E-state index in [1.807, 2.05) is 45.0 Å². The average molecular weight is 423 g/mol. The normalized spacial score (nSPS) is 19.5. The summed E-state index contributed by atoms with van der Waals surface area (Å²) in [6.45, 7) is 6.00. The molecule has 3 rings (SSSR count). The highest BCUT2D eigenvalue weighted by Gasteiger charge is 2.36. The highest BCUT2D eigenvalue weighted by atomic mass is 32.2. The number of hydrogen-bond acceptors (Lipinski definition) is 6. The first-order chi connectivity index (χ1) is 13.3. The van der Waals surface area contributed by atoms with Crippen molar-refractivity contribution in [3.8, 4) is 11.4 Å². The number of sulfone groups is 1. The first-order valence-electron chi connectivity index (χ1n) is 9.43. The second-order valence-corrected chi connectivity index (χ2v) is 10.4. The van der Waals surface area contributed by atoms with E-state index in [4.69, 9.17) is 0 Å². The van der Waals surface area contributed by atoms with E-state index in [0.29, 0.717) is 17.4 Å². The number of H-pyrrole nitrogens is 1. The van der Waals surface area contributed by atoms with E-state index >= 15 is 0 Å². The zero-order valence-corrected chi connectivity index (χ0v) is 18.0. The Labute approximate surface area is 170 Å². The molecule has 1 saturated heterocycles. The number of carbonyl (C=O) groups excluding carboxylic acids is 1. The molecule has 1 aromatic heterocycles. The van der Waals surface area contributed by atoms with Crippen molar-refractivity contribution in [2.45, 2.75) is 50.9 Å². The summed E-state index contributed by atoms with van der Waals surface area (Å²) in [4.78, 5) is 19.1. The van der Waals surface area contributed by atoms with Gasteiger partial charge in [0.2, 0.25) is 11.1 Å². The van der Waals surface area contributed by atoms with Gasteiger partial charge in [-0.05, 0) is 26.7 Å². The summed E-state index contributed by atoms with van der Waals surface area (Å²) < 4.78 is 23.7. The Hall–Kier alpha value is -1.87. The van der Waals surface area contributed by atoms with Gasteiger partial charge in [0, 0.05) is 17.6 Å². The molecule has 28 heavy (non-hydrogen) atoms. The maximum atomic E-state index is 12.9. The molecule has 1 N–H and O–H groups in total. The van der Waals surface area contributed by atoms with Crippen LogP contribution in [0.2, 0.25) is 0 Å². The van der Waals surface area contributed by atoms with Crippen LogP contribution in [0, 0.1) is 6.92 Å². The Morgan fingerprint density at radius 3 is 2.68 bits per heavy atom. The molecule has 0 radical (unpaired) electrons. The minimum Gasteiger partial charge on any atom is -0.335 e. The second-order valence-electron chi connectivity index (χ2n) is 7.24. The highest BCUT2D eigenvalue weighted by Crippen LogP contribution is 2.24. The lowest BCUT2D eigenvalue weighted by Gasteiger charge is -2.33. The molecule has 1 fully saturated rings. The van der Waals surface area contributed by atoms with E-state index in [9.17, 15) is 13.2 Å². The summed E-state index contributed by atoms with van der Waals surface area (Å²) in [5, 5.41) is 7.61. The van der Waals surface area contributed by atoms with Gasteiger partial charge in [-0.15, -0.1) is 5.10 Å². The smallest absolute Gasteiger partial charge is 0.233 e. The molecule has 0 saturated carbocycles. The maximum Gasteiger partial charge on any atom is 0.233 e. The summed E-state index contributed by atoms with van der Waals surface area (Å²) in [6.07, 6.45) is 1.30. The largest absolute Gasteiger partial charge is 0.335 e. The van der Waals surface area contributed by atoms with Crippen molar-refractivity contribution < 1.29 is 13.2 Å². The molecule has 2 aromatic rings. The van der Waals surface area contributed by atoms with Crippen LogP contribution >= 0.6 is 11.8 Å². The Balaban J connectivity index is 1.65. The number of rotatable bonds is 7. The maximum absolute atomic E-state index is 12.9. The van der Waals surface area contributed by atoms with Crippen LogP contribution in [0.5, 0.6) is 0 Å². The van der Waals surface area contributed by atoms with E-state index in [1.165, 1.54) is 17.3 Å². The average Bonchev–Trinajstić information content (AvgIpc) is 3.27. The van der Waals surface area contributed by atoms with Gasteiger partial charge in [-0.1, -0.05) is 48.5 Å². The lowest BCUT2D eigenvalue weighted by atomic mass is 10.1. The van der Waals surface area contributed by atoms with Crippen LogP contribution in [0.25, 0.3) is 11.4 Å². The molecule has 0 unspecified atom stereocenters. The third-order valence-electron chi connectivity index (χ3n) is 5.07. The molecule has 9 heteroatoms. The Morgan fingerprint density at radius 2 is 2.07 bits per heavy atom. The quantitative estimate of drug-likeness (QED) is 0.689. The molecule has 0 aliphatic carbocycles. The fourth-order valence-corrected chi connectivity index (χ4v) is 5.73. The van der Waals surface area contributed by atoms with Gasteiger partial charge in [-0.3, -0.25) is 9.89 Å². The third kappa shape index (κ3) is 4.94. The van der Waals surface area contributed by atoms with Gasteiger partial charge in [-0.2, -0.15) is 0 Å². The summed E-state index contributed by atoms with van der Waals surface area (Å²) >= 11 is 1.27. The molecule has 7 nitrogen and oxygen atoms in total. The van der Waals surface area contributed by atoms with Crippen LogP contribution in [-0.4, -0.2) is 63.7 Å². The summed E-state index contributed by atoms with van der Waals surface area (Å²) in [6, 6.07) is 7.73. The fourth-order valence-electron chi connectivity index (χ4n) is 3.35. The summed E-state index contributed by atoms with van der Waals surface area (Å²) in [5.74, 6) is 1.00. The lowest BCUT2D eigenvalue weighted by Crippen LogP contribution is -2.47. The van der Waals surface area contributed by atoms with Crippen LogP contribution in [0.15, 0.2) is 29.4 Å². The number of nitrogens with one attached hydrogen (secondary N) is 1. The zero-order valence-electron chi connectivity index (χ0n) is 16.4. The number of aromatic nitrogens is 3. The highest BCUT2D eigenvalue weighted by molar-refractivity contribution is 7.99. The lowest BCUT2D eigenvalue weighted by molar-refractivity contribution is -0.132. The summed E-state index contributed by atoms with van der Waals surface area (Å²) in [5.41, 5.74) is 2.11. The van der Waals surface area contributed by atoms with Crippen molar-refractivity contribution in [2.24, 2.45) is 0 Å². The van der Waals surface area contributed by atoms with Gasteiger partial charge in [0.25, 0.3) is 0 Å². The molecule has 152 valence electrons. The van der Waals surface area contributed by atoms with Gasteiger partial charge < -0.3 is 4.90 Å². The topological polar surface area (TPSA) is 96.0 Å².